The molecule has 5 heteroatoms. The summed E-state index contributed by atoms with van der Waals surface area (Å²) in [5.74, 6) is 1.51. The van der Waals surface area contributed by atoms with Gasteiger partial charge < -0.3 is 20.1 Å². The predicted octanol–water partition coefficient (Wildman–Crippen LogP) is 2.41. The number of hydrogen-bond acceptors (Lipinski definition) is 4. The van der Waals surface area contributed by atoms with Crippen molar-refractivity contribution in [1.82, 2.24) is 10.6 Å². The topological polar surface area (TPSA) is 59.6 Å². The number of amides is 1. The Labute approximate surface area is 132 Å². The molecule has 2 atom stereocenters. The van der Waals surface area contributed by atoms with Crippen LogP contribution in [0.1, 0.15) is 44.7 Å². The largest absolute Gasteiger partial charge is 0.493 e. The van der Waals surface area contributed by atoms with Gasteiger partial charge >= 0.3 is 0 Å². The van der Waals surface area contributed by atoms with E-state index >= 15 is 0 Å². The molecular weight excluding hydrogens is 280 g/mol. The Bertz CT molecular complexity index is 499. The molecule has 1 amide bonds. The monoisotopic (exact) mass is 306 g/mol. The SMILES string of the molecule is CCCOc1ccc(C(C)NC(=O)C2CCCN2)cc1OC. The number of hydrogen-bond donors (Lipinski definition) is 2. The van der Waals surface area contributed by atoms with Gasteiger partial charge in [0.25, 0.3) is 0 Å². The van der Waals surface area contributed by atoms with Gasteiger partial charge in [0, 0.05) is 0 Å². The first-order valence-electron chi connectivity index (χ1n) is 8.00. The minimum Gasteiger partial charge on any atom is -0.493 e. The van der Waals surface area contributed by atoms with Crippen molar-refractivity contribution in [2.75, 3.05) is 20.3 Å². The van der Waals surface area contributed by atoms with E-state index in [1.807, 2.05) is 25.1 Å². The van der Waals surface area contributed by atoms with Gasteiger partial charge in [-0.25, -0.2) is 0 Å². The summed E-state index contributed by atoms with van der Waals surface area (Å²) in [7, 11) is 1.63. The second-order valence-electron chi connectivity index (χ2n) is 5.64. The lowest BCUT2D eigenvalue weighted by Crippen LogP contribution is -2.41. The molecule has 2 rings (SSSR count). The molecule has 1 aliphatic heterocycles. The minimum absolute atomic E-state index is 0.0588. The highest BCUT2D eigenvalue weighted by molar-refractivity contribution is 5.82. The van der Waals surface area contributed by atoms with Gasteiger partial charge in [-0.15, -0.1) is 0 Å². The Hall–Kier alpha value is -1.75. The molecule has 1 heterocycles. The number of rotatable bonds is 7. The molecule has 0 bridgehead atoms. The quantitative estimate of drug-likeness (QED) is 0.812. The highest BCUT2D eigenvalue weighted by Crippen LogP contribution is 2.30. The van der Waals surface area contributed by atoms with Crippen LogP contribution in [0, 0.1) is 0 Å². The van der Waals surface area contributed by atoms with Crippen LogP contribution >= 0.6 is 0 Å². The van der Waals surface area contributed by atoms with Crippen molar-refractivity contribution < 1.29 is 14.3 Å². The van der Waals surface area contributed by atoms with E-state index < -0.39 is 0 Å². The molecule has 2 N–H and O–H groups in total. The summed E-state index contributed by atoms with van der Waals surface area (Å²) in [6.07, 6.45) is 2.92. The molecule has 1 saturated heterocycles. The number of nitrogens with one attached hydrogen (secondary N) is 2. The van der Waals surface area contributed by atoms with Gasteiger partial charge in [0.15, 0.2) is 11.5 Å². The average molecular weight is 306 g/mol. The Kier molecular flexibility index (Phi) is 6.07. The number of ether oxygens (including phenoxy) is 2. The summed E-state index contributed by atoms with van der Waals surface area (Å²) in [5.41, 5.74) is 1.01. The van der Waals surface area contributed by atoms with Crippen LogP contribution in [0.5, 0.6) is 11.5 Å². The summed E-state index contributed by atoms with van der Waals surface area (Å²) in [4.78, 5) is 12.2. The standard InChI is InChI=1S/C17H26N2O3/c1-4-10-22-15-8-7-13(11-16(15)21-3)12(2)19-17(20)14-6-5-9-18-14/h7-8,11-12,14,18H,4-6,9-10H2,1-3H3,(H,19,20). The van der Waals surface area contributed by atoms with Crippen molar-refractivity contribution in [2.45, 2.75) is 45.2 Å². The molecule has 1 aromatic carbocycles. The Balaban J connectivity index is 2.02. The maximum Gasteiger partial charge on any atom is 0.237 e. The van der Waals surface area contributed by atoms with E-state index in [-0.39, 0.29) is 18.0 Å². The molecule has 122 valence electrons. The first-order valence-corrected chi connectivity index (χ1v) is 8.00. The van der Waals surface area contributed by atoms with Gasteiger partial charge in [0.2, 0.25) is 5.91 Å². The van der Waals surface area contributed by atoms with Crippen molar-refractivity contribution in [3.63, 3.8) is 0 Å². The lowest BCUT2D eigenvalue weighted by atomic mass is 10.1. The van der Waals surface area contributed by atoms with Crippen LogP contribution in [-0.4, -0.2) is 32.2 Å². The molecule has 0 saturated carbocycles. The van der Waals surface area contributed by atoms with E-state index in [1.54, 1.807) is 7.11 Å². The fourth-order valence-electron chi connectivity index (χ4n) is 2.59. The third-order valence-corrected chi connectivity index (χ3v) is 3.88. The molecule has 2 unspecified atom stereocenters. The van der Waals surface area contributed by atoms with Gasteiger partial charge in [-0.05, 0) is 50.4 Å². The first kappa shape index (κ1) is 16.6. The summed E-state index contributed by atoms with van der Waals surface area (Å²) in [6, 6.07) is 5.68. The summed E-state index contributed by atoms with van der Waals surface area (Å²) < 4.78 is 11.0. The predicted molar refractivity (Wildman–Crippen MR) is 86.4 cm³/mol. The lowest BCUT2D eigenvalue weighted by Gasteiger charge is -2.19. The Morgan fingerprint density at radius 1 is 1.45 bits per heavy atom. The zero-order valence-electron chi connectivity index (χ0n) is 13.6. The van der Waals surface area contributed by atoms with Gasteiger partial charge in [-0.1, -0.05) is 13.0 Å². The minimum atomic E-state index is -0.0657. The summed E-state index contributed by atoms with van der Waals surface area (Å²) in [6.45, 7) is 5.63. The van der Waals surface area contributed by atoms with Gasteiger partial charge in [0.05, 0.1) is 25.8 Å². The molecule has 1 aliphatic rings. The molecule has 0 aliphatic carbocycles. The van der Waals surface area contributed by atoms with Gasteiger partial charge in [-0.3, -0.25) is 4.79 Å². The van der Waals surface area contributed by atoms with Crippen molar-refractivity contribution >= 4 is 5.91 Å². The lowest BCUT2D eigenvalue weighted by molar-refractivity contribution is -0.123. The zero-order valence-corrected chi connectivity index (χ0v) is 13.6. The molecule has 1 aromatic rings. The fraction of sp³-hybridized carbons (Fsp3) is 0.588. The third kappa shape index (κ3) is 4.13. The normalized spacial score (nSPS) is 18.8. The number of carbonyl (C=O) groups is 1. The van der Waals surface area contributed by atoms with Crippen LogP contribution in [-0.2, 0) is 4.79 Å². The maximum absolute atomic E-state index is 12.2. The first-order chi connectivity index (χ1) is 10.7. The second-order valence-corrected chi connectivity index (χ2v) is 5.64. The number of benzene rings is 1. The van der Waals surface area contributed by atoms with E-state index in [9.17, 15) is 4.79 Å². The van der Waals surface area contributed by atoms with E-state index in [1.165, 1.54) is 0 Å². The van der Waals surface area contributed by atoms with E-state index in [0.29, 0.717) is 12.4 Å². The number of methoxy groups -OCH3 is 1. The van der Waals surface area contributed by atoms with Crippen LogP contribution in [0.15, 0.2) is 18.2 Å². The highest BCUT2D eigenvalue weighted by Gasteiger charge is 2.23. The molecule has 1 fully saturated rings. The summed E-state index contributed by atoms with van der Waals surface area (Å²) in [5, 5.41) is 6.27. The zero-order chi connectivity index (χ0) is 15.9. The van der Waals surface area contributed by atoms with Crippen molar-refractivity contribution in [1.29, 1.82) is 0 Å². The summed E-state index contributed by atoms with van der Waals surface area (Å²) >= 11 is 0. The highest BCUT2D eigenvalue weighted by atomic mass is 16.5. The van der Waals surface area contributed by atoms with Crippen molar-refractivity contribution in [3.8, 4) is 11.5 Å². The number of carbonyl (C=O) groups excluding carboxylic acids is 1. The Morgan fingerprint density at radius 3 is 2.91 bits per heavy atom. The molecule has 0 spiro atoms. The third-order valence-electron chi connectivity index (χ3n) is 3.88. The van der Waals surface area contributed by atoms with Crippen LogP contribution < -0.4 is 20.1 Å². The second kappa shape index (κ2) is 8.03. The van der Waals surface area contributed by atoms with E-state index in [0.717, 1.165) is 37.1 Å². The average Bonchev–Trinajstić information content (AvgIpc) is 3.07. The van der Waals surface area contributed by atoms with Gasteiger partial charge in [0.1, 0.15) is 0 Å². The molecule has 22 heavy (non-hydrogen) atoms. The maximum atomic E-state index is 12.2. The van der Waals surface area contributed by atoms with Crippen molar-refractivity contribution in [3.05, 3.63) is 23.8 Å². The molecular formula is C17H26N2O3. The van der Waals surface area contributed by atoms with Crippen LogP contribution in [0.25, 0.3) is 0 Å². The van der Waals surface area contributed by atoms with Crippen LogP contribution in [0.3, 0.4) is 0 Å². The van der Waals surface area contributed by atoms with Crippen molar-refractivity contribution in [2.24, 2.45) is 0 Å². The molecule has 5 nitrogen and oxygen atoms in total. The van der Waals surface area contributed by atoms with Crippen LogP contribution in [0.4, 0.5) is 0 Å². The van der Waals surface area contributed by atoms with Gasteiger partial charge in [-0.2, -0.15) is 0 Å². The van der Waals surface area contributed by atoms with E-state index in [4.69, 9.17) is 9.47 Å². The Morgan fingerprint density at radius 2 is 2.27 bits per heavy atom. The smallest absolute Gasteiger partial charge is 0.237 e. The van der Waals surface area contributed by atoms with E-state index in [2.05, 4.69) is 17.6 Å². The molecule has 0 aromatic heterocycles. The fourth-order valence-corrected chi connectivity index (χ4v) is 2.59. The van der Waals surface area contributed by atoms with Crippen LogP contribution in [0.2, 0.25) is 0 Å². The molecule has 0 radical (unpaired) electrons.